The summed E-state index contributed by atoms with van der Waals surface area (Å²) in [4.78, 5) is 15.3. The molecule has 2 fully saturated rings. The van der Waals surface area contributed by atoms with Crippen LogP contribution in [0.15, 0.2) is 18.2 Å². The highest BCUT2D eigenvalue weighted by molar-refractivity contribution is 6.42. The molecule has 1 aromatic rings. The van der Waals surface area contributed by atoms with Crippen LogP contribution in [-0.4, -0.2) is 64.0 Å². The van der Waals surface area contributed by atoms with Crippen LogP contribution in [0.2, 0.25) is 10.0 Å². The van der Waals surface area contributed by atoms with Gasteiger partial charge in [0.25, 0.3) is 0 Å². The zero-order valence-corrected chi connectivity index (χ0v) is 22.9. The summed E-state index contributed by atoms with van der Waals surface area (Å²) in [5.74, 6) is 0.862. The molecule has 0 spiro atoms. The van der Waals surface area contributed by atoms with Crippen molar-refractivity contribution >= 4 is 29.2 Å². The summed E-state index contributed by atoms with van der Waals surface area (Å²) < 4.78 is 11.5. The molecule has 198 valence electrons. The number of carbonyl (C=O) groups excluding carboxylic acids is 1. The third-order valence-corrected chi connectivity index (χ3v) is 8.21. The molecule has 1 aliphatic heterocycles. The largest absolute Gasteiger partial charge is 0.385 e. The van der Waals surface area contributed by atoms with Crippen LogP contribution in [0.5, 0.6) is 0 Å². The Morgan fingerprint density at radius 2 is 1.94 bits per heavy atom. The Morgan fingerprint density at radius 3 is 2.69 bits per heavy atom. The third kappa shape index (κ3) is 8.78. The zero-order chi connectivity index (χ0) is 25.0. The first-order valence-electron chi connectivity index (χ1n) is 13.3. The molecule has 6 nitrogen and oxygen atoms in total. The van der Waals surface area contributed by atoms with Crippen LogP contribution in [0, 0.1) is 11.8 Å². The van der Waals surface area contributed by atoms with Crippen molar-refractivity contribution < 1.29 is 14.3 Å². The van der Waals surface area contributed by atoms with Crippen LogP contribution >= 0.6 is 23.2 Å². The van der Waals surface area contributed by atoms with Crippen LogP contribution < -0.4 is 10.6 Å². The lowest BCUT2D eigenvalue weighted by Crippen LogP contribution is -2.52. The smallest absolute Gasteiger partial charge is 0.317 e. The number of urea groups is 1. The molecule has 2 amide bonds. The lowest BCUT2D eigenvalue weighted by atomic mass is 9.85. The van der Waals surface area contributed by atoms with E-state index in [1.54, 1.807) is 13.2 Å². The summed E-state index contributed by atoms with van der Waals surface area (Å²) >= 11 is 12.9. The van der Waals surface area contributed by atoms with Crippen molar-refractivity contribution in [1.82, 2.24) is 15.5 Å². The number of carbonyl (C=O) groups is 1. The van der Waals surface area contributed by atoms with Gasteiger partial charge in [-0.3, -0.25) is 0 Å². The number of piperidine rings is 1. The molecule has 0 unspecified atom stereocenters. The van der Waals surface area contributed by atoms with Crippen molar-refractivity contribution in [2.24, 2.45) is 11.8 Å². The minimum Gasteiger partial charge on any atom is -0.385 e. The highest BCUT2D eigenvalue weighted by Gasteiger charge is 2.33. The average Bonchev–Trinajstić information content (AvgIpc) is 2.87. The van der Waals surface area contributed by atoms with E-state index in [0.717, 1.165) is 44.3 Å². The lowest BCUT2D eigenvalue weighted by Gasteiger charge is -2.38. The summed E-state index contributed by atoms with van der Waals surface area (Å²) in [6.07, 6.45) is 10.1. The Labute approximate surface area is 221 Å². The minimum atomic E-state index is -0.219. The Morgan fingerprint density at radius 1 is 1.14 bits per heavy atom. The van der Waals surface area contributed by atoms with Crippen LogP contribution in [0.3, 0.4) is 0 Å². The van der Waals surface area contributed by atoms with Crippen molar-refractivity contribution in [3.8, 4) is 0 Å². The van der Waals surface area contributed by atoms with E-state index in [1.165, 1.54) is 32.1 Å². The van der Waals surface area contributed by atoms with Crippen LogP contribution in [0.4, 0.5) is 4.79 Å². The minimum absolute atomic E-state index is 0.0288. The van der Waals surface area contributed by atoms with Gasteiger partial charge in [-0.2, -0.15) is 0 Å². The summed E-state index contributed by atoms with van der Waals surface area (Å²) in [5.41, 5.74) is 0.897. The van der Waals surface area contributed by atoms with E-state index in [2.05, 4.69) is 10.6 Å². The Kier molecular flexibility index (Phi) is 12.4. The highest BCUT2D eigenvalue weighted by Crippen LogP contribution is 2.39. The summed E-state index contributed by atoms with van der Waals surface area (Å²) in [7, 11) is 3.65. The molecular weight excluding hydrogens is 485 g/mol. The van der Waals surface area contributed by atoms with E-state index in [1.807, 2.05) is 24.1 Å². The molecule has 0 aromatic heterocycles. The van der Waals surface area contributed by atoms with E-state index in [-0.39, 0.29) is 24.1 Å². The number of hydrogen-bond donors (Lipinski definition) is 2. The lowest BCUT2D eigenvalue weighted by molar-refractivity contribution is -0.0167. The molecule has 0 radical (unpaired) electrons. The molecule has 1 saturated carbocycles. The van der Waals surface area contributed by atoms with Gasteiger partial charge in [0.05, 0.1) is 16.1 Å². The normalized spacial score (nSPS) is 21.0. The van der Waals surface area contributed by atoms with Crippen LogP contribution in [0.25, 0.3) is 0 Å². The maximum Gasteiger partial charge on any atom is 0.317 e. The second-order valence-corrected chi connectivity index (χ2v) is 10.9. The van der Waals surface area contributed by atoms with E-state index in [0.29, 0.717) is 35.7 Å². The molecule has 3 rings (SSSR count). The maximum absolute atomic E-state index is 13.3. The van der Waals surface area contributed by atoms with Crippen molar-refractivity contribution in [2.45, 2.75) is 69.9 Å². The molecule has 3 atom stereocenters. The first-order valence-corrected chi connectivity index (χ1v) is 14.0. The third-order valence-electron chi connectivity index (χ3n) is 7.37. The number of rotatable bonds is 12. The van der Waals surface area contributed by atoms with Gasteiger partial charge in [0.1, 0.15) is 0 Å². The van der Waals surface area contributed by atoms with E-state index >= 15 is 0 Å². The molecule has 8 heteroatoms. The van der Waals surface area contributed by atoms with Gasteiger partial charge >= 0.3 is 6.03 Å². The van der Waals surface area contributed by atoms with Gasteiger partial charge in [-0.05, 0) is 44.7 Å². The summed E-state index contributed by atoms with van der Waals surface area (Å²) in [5, 5.41) is 7.66. The van der Waals surface area contributed by atoms with Gasteiger partial charge < -0.3 is 25.0 Å². The fourth-order valence-corrected chi connectivity index (χ4v) is 6.02. The Bertz CT molecular complexity index is 776. The molecule has 2 N–H and O–H groups in total. The van der Waals surface area contributed by atoms with Crippen molar-refractivity contribution in [1.29, 1.82) is 0 Å². The van der Waals surface area contributed by atoms with Gasteiger partial charge in [-0.15, -0.1) is 0 Å². The standard InChI is InChI=1S/C27H43Cl2N3O3/c1-30-18-22(17-20-9-4-3-5-10-20)31-27(33)32-14-7-11-21(19-32)26(35-16-8-15-34-2)23-12-6-13-24(28)25(23)29/h6,12-13,20-22,26,30H,3-5,7-11,14-19H2,1-2H3,(H,31,33)/t21-,22+,26-/m1/s1. The Hall–Kier alpha value is -1.05. The summed E-state index contributed by atoms with van der Waals surface area (Å²) in [6.45, 7) is 3.40. The first kappa shape index (κ1) is 28.5. The van der Waals surface area contributed by atoms with E-state index < -0.39 is 0 Å². The van der Waals surface area contributed by atoms with Crippen molar-refractivity contribution in [3.05, 3.63) is 33.8 Å². The number of hydrogen-bond acceptors (Lipinski definition) is 4. The quantitative estimate of drug-likeness (QED) is 0.324. The van der Waals surface area contributed by atoms with Crippen molar-refractivity contribution in [3.63, 3.8) is 0 Å². The molecule has 1 saturated heterocycles. The van der Waals surface area contributed by atoms with Crippen LogP contribution in [0.1, 0.15) is 69.5 Å². The molecular formula is C27H43Cl2N3O3. The number of benzene rings is 1. The molecule has 1 aliphatic carbocycles. The number of halogens is 2. The van der Waals surface area contributed by atoms with Gasteiger partial charge in [-0.1, -0.05) is 67.4 Å². The zero-order valence-electron chi connectivity index (χ0n) is 21.4. The molecule has 2 aliphatic rings. The van der Waals surface area contributed by atoms with Gasteiger partial charge in [-0.25, -0.2) is 4.79 Å². The van der Waals surface area contributed by atoms with Gasteiger partial charge in [0.2, 0.25) is 0 Å². The molecule has 0 bridgehead atoms. The SMILES string of the molecule is CNC[C@H](CC1CCCCC1)NC(=O)N1CCC[C@@H]([C@@H](OCCCOC)c2cccc(Cl)c2Cl)C1. The predicted octanol–water partition coefficient (Wildman–Crippen LogP) is 6.07. The average molecular weight is 529 g/mol. The maximum atomic E-state index is 13.3. The topological polar surface area (TPSA) is 62.8 Å². The number of nitrogens with one attached hydrogen (secondary N) is 2. The number of nitrogens with zero attached hydrogens (tertiary/aromatic N) is 1. The molecule has 1 heterocycles. The summed E-state index contributed by atoms with van der Waals surface area (Å²) in [6, 6.07) is 5.88. The molecule has 35 heavy (non-hydrogen) atoms. The first-order chi connectivity index (χ1) is 17.0. The van der Waals surface area contributed by atoms with Gasteiger partial charge in [0, 0.05) is 57.5 Å². The fourth-order valence-electron chi connectivity index (χ4n) is 5.61. The van der Waals surface area contributed by atoms with Gasteiger partial charge in [0.15, 0.2) is 0 Å². The molecule has 1 aromatic carbocycles. The Balaban J connectivity index is 1.66. The highest BCUT2D eigenvalue weighted by atomic mass is 35.5. The number of likely N-dealkylation sites (tertiary alicyclic amines) is 1. The number of likely N-dealkylation sites (N-methyl/N-ethyl adjacent to an activating group) is 1. The van der Waals surface area contributed by atoms with Crippen molar-refractivity contribution in [2.75, 3.05) is 47.0 Å². The van der Waals surface area contributed by atoms with E-state index in [9.17, 15) is 4.79 Å². The number of amides is 2. The number of ether oxygens (including phenoxy) is 2. The predicted molar refractivity (Wildman–Crippen MR) is 143 cm³/mol. The van der Waals surface area contributed by atoms with E-state index in [4.69, 9.17) is 32.7 Å². The monoisotopic (exact) mass is 527 g/mol. The fraction of sp³-hybridized carbons (Fsp3) is 0.741. The second kappa shape index (κ2) is 15.3. The number of methoxy groups -OCH3 is 1. The van der Waals surface area contributed by atoms with Crippen LogP contribution in [-0.2, 0) is 9.47 Å². The second-order valence-electron chi connectivity index (χ2n) is 10.1.